The lowest BCUT2D eigenvalue weighted by atomic mass is 10.1. The fourth-order valence-electron chi connectivity index (χ4n) is 2.49. The summed E-state index contributed by atoms with van der Waals surface area (Å²) in [6, 6.07) is 9.80. The molecule has 25 heavy (non-hydrogen) atoms. The molecule has 1 aromatic carbocycles. The van der Waals surface area contributed by atoms with E-state index in [-0.39, 0.29) is 17.2 Å². The van der Waals surface area contributed by atoms with Crippen LogP contribution in [0.1, 0.15) is 16.2 Å². The van der Waals surface area contributed by atoms with Crippen LogP contribution < -0.4 is 10.6 Å². The monoisotopic (exact) mass is 340 g/mol. The number of pyridine rings is 1. The molecule has 0 aliphatic carbocycles. The van der Waals surface area contributed by atoms with Gasteiger partial charge >= 0.3 is 0 Å². The molecule has 3 rings (SSSR count). The van der Waals surface area contributed by atoms with E-state index >= 15 is 0 Å². The van der Waals surface area contributed by atoms with Crippen LogP contribution >= 0.6 is 0 Å². The molecule has 0 bridgehead atoms. The number of anilines is 1. The molecule has 0 aliphatic heterocycles. The Labute approximate surface area is 142 Å². The average Bonchev–Trinajstić information content (AvgIpc) is 3.04. The lowest BCUT2D eigenvalue weighted by Gasteiger charge is -2.10. The summed E-state index contributed by atoms with van der Waals surface area (Å²) in [4.78, 5) is 22.4. The Hall–Kier alpha value is -3.49. The summed E-state index contributed by atoms with van der Waals surface area (Å²) < 4.78 is 1.89. The zero-order valence-electron chi connectivity index (χ0n) is 13.5. The number of nitro groups is 1. The van der Waals surface area contributed by atoms with E-state index in [2.05, 4.69) is 20.8 Å². The zero-order chi connectivity index (χ0) is 17.8. The molecule has 0 radical (unpaired) electrons. The molecule has 0 fully saturated rings. The number of fused-ring (bicyclic) bond motifs is 1. The SMILES string of the molecule is CNC(=O)c1cc([N+](=O)[O-])ccc1NCCc1nnc2ccccn12. The predicted octanol–water partition coefficient (Wildman–Crippen LogP) is 1.65. The number of amides is 1. The first-order chi connectivity index (χ1) is 12.1. The summed E-state index contributed by atoms with van der Waals surface area (Å²) in [6.45, 7) is 0.498. The molecule has 0 saturated heterocycles. The highest BCUT2D eigenvalue weighted by atomic mass is 16.6. The number of aromatic nitrogens is 3. The van der Waals surface area contributed by atoms with Gasteiger partial charge in [-0.2, -0.15) is 0 Å². The summed E-state index contributed by atoms with van der Waals surface area (Å²) in [6.07, 6.45) is 2.46. The van der Waals surface area contributed by atoms with Crippen molar-refractivity contribution in [3.63, 3.8) is 0 Å². The van der Waals surface area contributed by atoms with Crippen molar-refractivity contribution in [2.24, 2.45) is 0 Å². The molecule has 128 valence electrons. The second-order valence-electron chi connectivity index (χ2n) is 5.29. The topological polar surface area (TPSA) is 114 Å². The number of non-ortho nitro benzene ring substituents is 1. The maximum Gasteiger partial charge on any atom is 0.270 e. The van der Waals surface area contributed by atoms with Crippen LogP contribution in [0.4, 0.5) is 11.4 Å². The summed E-state index contributed by atoms with van der Waals surface area (Å²) >= 11 is 0. The minimum absolute atomic E-state index is 0.132. The van der Waals surface area contributed by atoms with Gasteiger partial charge < -0.3 is 10.6 Å². The van der Waals surface area contributed by atoms with E-state index in [1.165, 1.54) is 25.2 Å². The normalized spacial score (nSPS) is 10.6. The Balaban J connectivity index is 1.76. The maximum atomic E-state index is 12.0. The third kappa shape index (κ3) is 3.39. The minimum atomic E-state index is -0.529. The van der Waals surface area contributed by atoms with Crippen LogP contribution in [0.5, 0.6) is 0 Å². The molecule has 9 nitrogen and oxygen atoms in total. The Kier molecular flexibility index (Phi) is 4.55. The lowest BCUT2D eigenvalue weighted by molar-refractivity contribution is -0.384. The molecular formula is C16H16N6O3. The van der Waals surface area contributed by atoms with Gasteiger partial charge in [0.25, 0.3) is 11.6 Å². The summed E-state index contributed by atoms with van der Waals surface area (Å²) in [7, 11) is 1.48. The Morgan fingerprint density at radius 3 is 2.88 bits per heavy atom. The van der Waals surface area contributed by atoms with Crippen molar-refractivity contribution in [2.45, 2.75) is 6.42 Å². The number of nitrogens with one attached hydrogen (secondary N) is 2. The first-order valence-electron chi connectivity index (χ1n) is 7.63. The number of carbonyl (C=O) groups is 1. The van der Waals surface area contributed by atoms with Crippen molar-refractivity contribution in [3.8, 4) is 0 Å². The molecule has 0 unspecified atom stereocenters. The molecule has 0 spiro atoms. The number of rotatable bonds is 6. The molecule has 2 heterocycles. The zero-order valence-corrected chi connectivity index (χ0v) is 13.5. The number of hydrogen-bond acceptors (Lipinski definition) is 6. The van der Waals surface area contributed by atoms with E-state index in [1.807, 2.05) is 28.8 Å². The third-order valence-electron chi connectivity index (χ3n) is 3.73. The second-order valence-corrected chi connectivity index (χ2v) is 5.29. The van der Waals surface area contributed by atoms with Crippen molar-refractivity contribution in [1.82, 2.24) is 19.9 Å². The Morgan fingerprint density at radius 2 is 2.12 bits per heavy atom. The van der Waals surface area contributed by atoms with E-state index in [0.29, 0.717) is 18.7 Å². The van der Waals surface area contributed by atoms with Crippen LogP contribution in [-0.4, -0.2) is 39.0 Å². The van der Waals surface area contributed by atoms with E-state index in [1.54, 1.807) is 0 Å². The molecule has 3 aromatic rings. The quantitative estimate of drug-likeness (QED) is 0.521. The van der Waals surface area contributed by atoms with Crippen LogP contribution in [0.2, 0.25) is 0 Å². The summed E-state index contributed by atoms with van der Waals surface area (Å²) in [5.41, 5.74) is 1.38. The van der Waals surface area contributed by atoms with Crippen LogP contribution in [0.25, 0.3) is 5.65 Å². The largest absolute Gasteiger partial charge is 0.384 e. The van der Waals surface area contributed by atoms with Gasteiger partial charge in [0, 0.05) is 44.0 Å². The summed E-state index contributed by atoms with van der Waals surface area (Å²) in [5.74, 6) is 0.394. The van der Waals surface area contributed by atoms with Crippen molar-refractivity contribution in [2.75, 3.05) is 18.9 Å². The maximum absolute atomic E-state index is 12.0. The standard InChI is InChI=1S/C16H16N6O3/c1-17-16(23)12-10-11(22(24)25)5-6-13(12)18-8-7-15-20-19-14-4-2-3-9-21(14)15/h2-6,9-10,18H,7-8H2,1H3,(H,17,23). The second kappa shape index (κ2) is 6.95. The molecule has 0 atom stereocenters. The molecule has 0 aliphatic rings. The van der Waals surface area contributed by atoms with Gasteiger partial charge in [-0.15, -0.1) is 10.2 Å². The molecule has 2 aromatic heterocycles. The first-order valence-corrected chi connectivity index (χ1v) is 7.63. The fourth-order valence-corrected chi connectivity index (χ4v) is 2.49. The van der Waals surface area contributed by atoms with Gasteiger partial charge in [0.1, 0.15) is 5.82 Å². The highest BCUT2D eigenvalue weighted by molar-refractivity contribution is 6.00. The Bertz CT molecular complexity index is 937. The smallest absolute Gasteiger partial charge is 0.270 e. The highest BCUT2D eigenvalue weighted by Crippen LogP contribution is 2.22. The summed E-state index contributed by atoms with van der Waals surface area (Å²) in [5, 5.41) is 24.7. The van der Waals surface area contributed by atoms with Crippen molar-refractivity contribution >= 4 is 22.9 Å². The van der Waals surface area contributed by atoms with Gasteiger partial charge in [-0.1, -0.05) is 6.07 Å². The first kappa shape index (κ1) is 16.4. The van der Waals surface area contributed by atoms with Crippen LogP contribution in [0, 0.1) is 10.1 Å². The number of nitro benzene ring substituents is 1. The number of nitrogens with zero attached hydrogens (tertiary/aromatic N) is 4. The van der Waals surface area contributed by atoms with E-state index in [4.69, 9.17) is 0 Å². The van der Waals surface area contributed by atoms with Crippen LogP contribution in [0.3, 0.4) is 0 Å². The molecule has 9 heteroatoms. The minimum Gasteiger partial charge on any atom is -0.384 e. The van der Waals surface area contributed by atoms with E-state index < -0.39 is 4.92 Å². The molecule has 1 amide bonds. The lowest BCUT2D eigenvalue weighted by Crippen LogP contribution is -2.20. The van der Waals surface area contributed by atoms with Gasteiger partial charge in [-0.05, 0) is 18.2 Å². The molecule has 0 saturated carbocycles. The third-order valence-corrected chi connectivity index (χ3v) is 3.73. The number of benzene rings is 1. The van der Waals surface area contributed by atoms with E-state index in [9.17, 15) is 14.9 Å². The molecule has 2 N–H and O–H groups in total. The van der Waals surface area contributed by atoms with E-state index in [0.717, 1.165) is 11.5 Å². The molecular weight excluding hydrogens is 324 g/mol. The van der Waals surface area contributed by atoms with Crippen LogP contribution in [0.15, 0.2) is 42.6 Å². The van der Waals surface area contributed by atoms with Gasteiger partial charge in [-0.25, -0.2) is 0 Å². The van der Waals surface area contributed by atoms with Gasteiger partial charge in [0.2, 0.25) is 0 Å². The average molecular weight is 340 g/mol. The van der Waals surface area contributed by atoms with Crippen molar-refractivity contribution in [3.05, 3.63) is 64.1 Å². The number of carbonyl (C=O) groups excluding carboxylic acids is 1. The van der Waals surface area contributed by atoms with Crippen molar-refractivity contribution < 1.29 is 9.72 Å². The van der Waals surface area contributed by atoms with Gasteiger partial charge in [0.05, 0.1) is 10.5 Å². The van der Waals surface area contributed by atoms with Gasteiger partial charge in [0.15, 0.2) is 5.65 Å². The van der Waals surface area contributed by atoms with Crippen molar-refractivity contribution in [1.29, 1.82) is 0 Å². The fraction of sp³-hybridized carbons (Fsp3) is 0.188. The highest BCUT2D eigenvalue weighted by Gasteiger charge is 2.16. The van der Waals surface area contributed by atoms with Gasteiger partial charge in [-0.3, -0.25) is 19.3 Å². The predicted molar refractivity (Wildman–Crippen MR) is 91.7 cm³/mol. The number of hydrogen-bond donors (Lipinski definition) is 2. The Morgan fingerprint density at radius 1 is 1.28 bits per heavy atom. The van der Waals surface area contributed by atoms with Crippen LogP contribution in [-0.2, 0) is 6.42 Å².